The van der Waals surface area contributed by atoms with E-state index in [1.165, 1.54) is 4.90 Å². The van der Waals surface area contributed by atoms with Crippen LogP contribution < -0.4 is 4.90 Å². The van der Waals surface area contributed by atoms with Gasteiger partial charge in [-0.1, -0.05) is 17.9 Å². The summed E-state index contributed by atoms with van der Waals surface area (Å²) < 4.78 is 0. The molecule has 2 amide bonds. The molecular weight excluding hydrogens is 254 g/mol. The molecule has 1 aromatic carbocycles. The molecule has 3 rings (SSSR count). The first-order chi connectivity index (χ1) is 9.63. The van der Waals surface area contributed by atoms with Crippen LogP contribution in [-0.4, -0.2) is 23.5 Å². The Morgan fingerprint density at radius 2 is 2.00 bits per heavy atom. The lowest BCUT2D eigenvalue weighted by Gasteiger charge is -2.18. The van der Waals surface area contributed by atoms with Crippen LogP contribution in [0.15, 0.2) is 18.2 Å². The van der Waals surface area contributed by atoms with Crippen LogP contribution in [0.4, 0.5) is 5.69 Å². The SMILES string of the molecule is Cc1ccc(N2C(=O)C3CC3C2=O)c(C#CCCO)c1. The van der Waals surface area contributed by atoms with Gasteiger partial charge in [0, 0.05) is 12.0 Å². The number of nitrogens with zero attached hydrogens (tertiary/aromatic N) is 1. The summed E-state index contributed by atoms with van der Waals surface area (Å²) in [4.78, 5) is 25.6. The average molecular weight is 269 g/mol. The maximum absolute atomic E-state index is 12.1. The minimum Gasteiger partial charge on any atom is -0.395 e. The number of piperidine rings is 1. The fourth-order valence-electron chi connectivity index (χ4n) is 2.58. The van der Waals surface area contributed by atoms with Crippen molar-refractivity contribution in [3.05, 3.63) is 29.3 Å². The number of amides is 2. The van der Waals surface area contributed by atoms with E-state index in [1.54, 1.807) is 6.07 Å². The molecule has 2 fully saturated rings. The maximum Gasteiger partial charge on any atom is 0.237 e. The number of hydrogen-bond donors (Lipinski definition) is 1. The van der Waals surface area contributed by atoms with Crippen molar-refractivity contribution in [2.75, 3.05) is 11.5 Å². The number of carbonyl (C=O) groups excluding carboxylic acids is 2. The monoisotopic (exact) mass is 269 g/mol. The second kappa shape index (κ2) is 4.77. The van der Waals surface area contributed by atoms with Crippen LogP contribution >= 0.6 is 0 Å². The predicted molar refractivity (Wildman–Crippen MR) is 73.8 cm³/mol. The molecule has 1 aromatic rings. The summed E-state index contributed by atoms with van der Waals surface area (Å²) in [5.41, 5.74) is 2.26. The quantitative estimate of drug-likeness (QED) is 0.649. The third-order valence-electron chi connectivity index (χ3n) is 3.72. The summed E-state index contributed by atoms with van der Waals surface area (Å²) in [7, 11) is 0. The Labute approximate surface area is 117 Å². The van der Waals surface area contributed by atoms with Crippen molar-refractivity contribution in [1.82, 2.24) is 0 Å². The van der Waals surface area contributed by atoms with Crippen LogP contribution in [0.1, 0.15) is 24.0 Å². The van der Waals surface area contributed by atoms with Crippen molar-refractivity contribution in [3.8, 4) is 11.8 Å². The molecule has 0 radical (unpaired) electrons. The number of aliphatic hydroxyl groups excluding tert-OH is 1. The zero-order valence-corrected chi connectivity index (χ0v) is 11.2. The van der Waals surface area contributed by atoms with Gasteiger partial charge in [-0.3, -0.25) is 9.59 Å². The third kappa shape index (κ3) is 2.00. The topological polar surface area (TPSA) is 57.6 Å². The summed E-state index contributed by atoms with van der Waals surface area (Å²) >= 11 is 0. The molecule has 2 unspecified atom stereocenters. The highest BCUT2D eigenvalue weighted by Gasteiger charge is 2.59. The molecule has 1 heterocycles. The Hall–Kier alpha value is -2.12. The molecule has 20 heavy (non-hydrogen) atoms. The van der Waals surface area contributed by atoms with E-state index in [2.05, 4.69) is 11.8 Å². The summed E-state index contributed by atoms with van der Waals surface area (Å²) in [6, 6.07) is 5.51. The Morgan fingerprint density at radius 1 is 1.30 bits per heavy atom. The smallest absolute Gasteiger partial charge is 0.237 e. The molecule has 0 bridgehead atoms. The summed E-state index contributed by atoms with van der Waals surface area (Å²) in [5, 5.41) is 8.78. The van der Waals surface area contributed by atoms with E-state index in [0.717, 1.165) is 5.56 Å². The number of benzene rings is 1. The molecule has 1 N–H and O–H groups in total. The lowest BCUT2D eigenvalue weighted by molar-refractivity contribution is -0.123. The summed E-state index contributed by atoms with van der Waals surface area (Å²) in [5.74, 6) is 5.37. The molecular formula is C16H15NO3. The van der Waals surface area contributed by atoms with E-state index in [9.17, 15) is 9.59 Å². The minimum atomic E-state index is -0.109. The number of carbonyl (C=O) groups is 2. The van der Waals surface area contributed by atoms with E-state index in [-0.39, 0.29) is 30.3 Å². The van der Waals surface area contributed by atoms with Crippen molar-refractivity contribution in [2.45, 2.75) is 19.8 Å². The second-order valence-electron chi connectivity index (χ2n) is 5.26. The van der Waals surface area contributed by atoms with Crippen LogP contribution in [0.5, 0.6) is 0 Å². The first-order valence-corrected chi connectivity index (χ1v) is 6.71. The zero-order valence-electron chi connectivity index (χ0n) is 11.2. The first kappa shape index (κ1) is 12.9. The van der Waals surface area contributed by atoms with E-state index < -0.39 is 0 Å². The van der Waals surface area contributed by atoms with Gasteiger partial charge in [0.1, 0.15) is 0 Å². The predicted octanol–water partition coefficient (Wildman–Crippen LogP) is 1.24. The Morgan fingerprint density at radius 3 is 2.65 bits per heavy atom. The Kier molecular flexibility index (Phi) is 3.07. The minimum absolute atomic E-state index is 0.000126. The molecule has 2 atom stereocenters. The van der Waals surface area contributed by atoms with Crippen molar-refractivity contribution in [1.29, 1.82) is 0 Å². The second-order valence-corrected chi connectivity index (χ2v) is 5.26. The fraction of sp³-hybridized carbons (Fsp3) is 0.375. The van der Waals surface area contributed by atoms with Crippen molar-refractivity contribution < 1.29 is 14.7 Å². The summed E-state index contributed by atoms with van der Waals surface area (Å²) in [6.07, 6.45) is 1.08. The van der Waals surface area contributed by atoms with Crippen LogP contribution in [0.3, 0.4) is 0 Å². The summed E-state index contributed by atoms with van der Waals surface area (Å²) in [6.45, 7) is 1.94. The number of hydrogen-bond acceptors (Lipinski definition) is 3. The Balaban J connectivity index is 1.99. The lowest BCUT2D eigenvalue weighted by atomic mass is 10.1. The van der Waals surface area contributed by atoms with E-state index in [0.29, 0.717) is 24.1 Å². The number of imide groups is 1. The van der Waals surface area contributed by atoms with Crippen molar-refractivity contribution in [3.63, 3.8) is 0 Å². The lowest BCUT2D eigenvalue weighted by Crippen LogP contribution is -2.33. The molecule has 0 aromatic heterocycles. The van der Waals surface area contributed by atoms with Gasteiger partial charge < -0.3 is 5.11 Å². The van der Waals surface area contributed by atoms with E-state index in [4.69, 9.17) is 5.11 Å². The van der Waals surface area contributed by atoms with E-state index in [1.807, 2.05) is 19.1 Å². The standard InChI is InChI=1S/C16H15NO3/c1-10-5-6-14(11(8-10)4-2-3-7-18)17-15(19)12-9-13(12)16(17)20/h5-6,8,12-13,18H,3,7,9H2,1H3. The largest absolute Gasteiger partial charge is 0.395 e. The van der Waals surface area contributed by atoms with Gasteiger partial charge in [-0.05, 0) is 31.0 Å². The average Bonchev–Trinajstić information content (AvgIpc) is 3.17. The third-order valence-corrected chi connectivity index (χ3v) is 3.72. The van der Waals surface area contributed by atoms with Crippen LogP contribution in [0.25, 0.3) is 0 Å². The van der Waals surface area contributed by atoms with Gasteiger partial charge in [-0.25, -0.2) is 4.90 Å². The first-order valence-electron chi connectivity index (χ1n) is 6.71. The highest BCUT2D eigenvalue weighted by molar-refractivity contribution is 6.25. The van der Waals surface area contributed by atoms with Gasteiger partial charge in [0.15, 0.2) is 0 Å². The molecule has 1 saturated heterocycles. The number of anilines is 1. The molecule has 0 spiro atoms. The van der Waals surface area contributed by atoms with Crippen LogP contribution in [-0.2, 0) is 9.59 Å². The van der Waals surface area contributed by atoms with Crippen molar-refractivity contribution >= 4 is 17.5 Å². The number of rotatable bonds is 2. The molecule has 102 valence electrons. The molecule has 4 nitrogen and oxygen atoms in total. The number of aryl methyl sites for hydroxylation is 1. The molecule has 1 aliphatic heterocycles. The Bertz CT molecular complexity index is 633. The van der Waals surface area contributed by atoms with Gasteiger partial charge in [-0.2, -0.15) is 0 Å². The van der Waals surface area contributed by atoms with Gasteiger partial charge in [0.2, 0.25) is 11.8 Å². The van der Waals surface area contributed by atoms with Crippen LogP contribution in [0.2, 0.25) is 0 Å². The number of aliphatic hydroxyl groups is 1. The van der Waals surface area contributed by atoms with Gasteiger partial charge >= 0.3 is 0 Å². The van der Waals surface area contributed by atoms with E-state index >= 15 is 0 Å². The van der Waals surface area contributed by atoms with Crippen LogP contribution in [0, 0.1) is 30.6 Å². The zero-order chi connectivity index (χ0) is 14.3. The normalized spacial score (nSPS) is 23.4. The maximum atomic E-state index is 12.1. The molecule has 4 heteroatoms. The highest BCUT2D eigenvalue weighted by Crippen LogP contribution is 2.48. The number of fused-ring (bicyclic) bond motifs is 1. The van der Waals surface area contributed by atoms with Gasteiger partial charge in [-0.15, -0.1) is 0 Å². The molecule has 1 aliphatic carbocycles. The highest BCUT2D eigenvalue weighted by atomic mass is 16.3. The fourth-order valence-corrected chi connectivity index (χ4v) is 2.58. The van der Waals surface area contributed by atoms with Gasteiger partial charge in [0.25, 0.3) is 0 Å². The molecule has 2 aliphatic rings. The van der Waals surface area contributed by atoms with Gasteiger partial charge in [0.05, 0.1) is 24.1 Å². The van der Waals surface area contributed by atoms with Crippen molar-refractivity contribution in [2.24, 2.45) is 11.8 Å². The molecule has 1 saturated carbocycles.